The van der Waals surface area contributed by atoms with Crippen LogP contribution >= 0.6 is 11.6 Å². The standard InChI is InChI=1S/C28H25ClN4O2/c29-21-9-5-10-22(16-21)32-17-20(15-26(32)34)28-30-23-11-2-4-13-25(23)33(28)18-27(35)31-14-6-8-19-7-1-3-12-24(19)31/h1-5,7,9-13,16,20H,6,8,14-15,17-18H2. The number of fused-ring (bicyclic) bond motifs is 2. The van der Waals surface area contributed by atoms with Gasteiger partial charge >= 0.3 is 0 Å². The zero-order valence-corrected chi connectivity index (χ0v) is 20.0. The van der Waals surface area contributed by atoms with E-state index in [0.717, 1.165) is 41.1 Å². The third-order valence-electron chi connectivity index (χ3n) is 7.00. The number of imidazole rings is 1. The Morgan fingerprint density at radius 3 is 2.74 bits per heavy atom. The number of halogens is 1. The van der Waals surface area contributed by atoms with Crippen LogP contribution in [0.5, 0.6) is 0 Å². The lowest BCUT2D eigenvalue weighted by Gasteiger charge is -2.30. The average Bonchev–Trinajstić information content (AvgIpc) is 3.44. The van der Waals surface area contributed by atoms with Gasteiger partial charge in [-0.2, -0.15) is 0 Å². The molecule has 176 valence electrons. The maximum absolute atomic E-state index is 13.6. The van der Waals surface area contributed by atoms with Crippen molar-refractivity contribution in [3.8, 4) is 0 Å². The van der Waals surface area contributed by atoms with Crippen LogP contribution in [0.4, 0.5) is 11.4 Å². The van der Waals surface area contributed by atoms with Gasteiger partial charge in [-0.15, -0.1) is 0 Å². The van der Waals surface area contributed by atoms with E-state index in [9.17, 15) is 9.59 Å². The number of rotatable bonds is 4. The van der Waals surface area contributed by atoms with Crippen LogP contribution in [0.2, 0.25) is 5.02 Å². The molecule has 1 unspecified atom stereocenters. The number of hydrogen-bond donors (Lipinski definition) is 0. The van der Waals surface area contributed by atoms with Crippen LogP contribution in [-0.4, -0.2) is 34.5 Å². The zero-order valence-electron chi connectivity index (χ0n) is 19.2. The van der Waals surface area contributed by atoms with E-state index in [-0.39, 0.29) is 24.3 Å². The summed E-state index contributed by atoms with van der Waals surface area (Å²) in [6.07, 6.45) is 2.28. The third-order valence-corrected chi connectivity index (χ3v) is 7.23. The molecular formula is C28H25ClN4O2. The van der Waals surface area contributed by atoms with Gasteiger partial charge in [0.1, 0.15) is 12.4 Å². The fourth-order valence-electron chi connectivity index (χ4n) is 5.36. The van der Waals surface area contributed by atoms with Gasteiger partial charge in [-0.05, 0) is 54.8 Å². The number of benzene rings is 3. The van der Waals surface area contributed by atoms with Crippen LogP contribution in [0.3, 0.4) is 0 Å². The Morgan fingerprint density at radius 2 is 1.86 bits per heavy atom. The number of carbonyl (C=O) groups is 2. The van der Waals surface area contributed by atoms with Gasteiger partial charge in [-0.25, -0.2) is 4.98 Å². The molecule has 2 aliphatic rings. The number of carbonyl (C=O) groups excluding carboxylic acids is 2. The summed E-state index contributed by atoms with van der Waals surface area (Å²) >= 11 is 6.17. The van der Waals surface area contributed by atoms with Crippen molar-refractivity contribution in [1.82, 2.24) is 9.55 Å². The maximum Gasteiger partial charge on any atom is 0.246 e. The summed E-state index contributed by atoms with van der Waals surface area (Å²) in [6, 6.07) is 23.3. The molecule has 6 rings (SSSR count). The first kappa shape index (κ1) is 21.9. The highest BCUT2D eigenvalue weighted by Gasteiger charge is 2.35. The fraction of sp³-hybridized carbons (Fsp3) is 0.250. The molecule has 0 spiro atoms. The minimum Gasteiger partial charge on any atom is -0.318 e. The van der Waals surface area contributed by atoms with E-state index >= 15 is 0 Å². The molecule has 7 heteroatoms. The quantitative estimate of drug-likeness (QED) is 0.400. The second-order valence-corrected chi connectivity index (χ2v) is 9.64. The zero-order chi connectivity index (χ0) is 23.9. The molecule has 6 nitrogen and oxygen atoms in total. The third kappa shape index (κ3) is 3.98. The first-order chi connectivity index (χ1) is 17.1. The number of para-hydroxylation sites is 3. The normalized spacial score (nSPS) is 17.7. The number of hydrogen-bond acceptors (Lipinski definition) is 3. The van der Waals surface area contributed by atoms with Crippen molar-refractivity contribution in [2.24, 2.45) is 0 Å². The molecule has 35 heavy (non-hydrogen) atoms. The predicted molar refractivity (Wildman–Crippen MR) is 138 cm³/mol. The van der Waals surface area contributed by atoms with Gasteiger partial charge < -0.3 is 14.4 Å². The minimum absolute atomic E-state index is 0.0344. The second-order valence-electron chi connectivity index (χ2n) is 9.21. The molecular weight excluding hydrogens is 460 g/mol. The molecule has 1 atom stereocenters. The van der Waals surface area contributed by atoms with Gasteiger partial charge in [0.05, 0.1) is 11.0 Å². The molecule has 2 aliphatic heterocycles. The number of anilines is 2. The molecule has 1 aromatic heterocycles. The Hall–Kier alpha value is -3.64. The molecule has 0 radical (unpaired) electrons. The molecule has 0 bridgehead atoms. The molecule has 4 aromatic rings. The van der Waals surface area contributed by atoms with Crippen LogP contribution in [0, 0.1) is 0 Å². The first-order valence-electron chi connectivity index (χ1n) is 12.0. The van der Waals surface area contributed by atoms with Crippen molar-refractivity contribution >= 4 is 45.8 Å². The van der Waals surface area contributed by atoms with E-state index < -0.39 is 0 Å². The largest absolute Gasteiger partial charge is 0.318 e. The number of nitrogens with zero attached hydrogens (tertiary/aromatic N) is 4. The smallest absolute Gasteiger partial charge is 0.246 e. The molecule has 0 N–H and O–H groups in total. The summed E-state index contributed by atoms with van der Waals surface area (Å²) in [5.41, 5.74) is 4.74. The highest BCUT2D eigenvalue weighted by molar-refractivity contribution is 6.30. The van der Waals surface area contributed by atoms with Crippen molar-refractivity contribution in [2.75, 3.05) is 22.9 Å². The Balaban J connectivity index is 1.34. The SMILES string of the molecule is O=C1CC(c2nc3ccccc3n2CC(=O)N2CCCc3ccccc32)CN1c1cccc(Cl)c1. The average molecular weight is 485 g/mol. The second kappa shape index (κ2) is 8.86. The van der Waals surface area contributed by atoms with Crippen molar-refractivity contribution in [2.45, 2.75) is 31.7 Å². The van der Waals surface area contributed by atoms with Crippen LogP contribution < -0.4 is 9.80 Å². The van der Waals surface area contributed by atoms with Crippen molar-refractivity contribution in [1.29, 1.82) is 0 Å². The maximum atomic E-state index is 13.6. The van der Waals surface area contributed by atoms with E-state index in [1.54, 1.807) is 11.0 Å². The Kier molecular flexibility index (Phi) is 5.53. The Labute approximate surface area is 208 Å². The lowest BCUT2D eigenvalue weighted by atomic mass is 10.0. The number of aromatic nitrogens is 2. The van der Waals surface area contributed by atoms with E-state index in [1.165, 1.54) is 5.56 Å². The monoisotopic (exact) mass is 484 g/mol. The Bertz CT molecular complexity index is 1450. The molecule has 2 amide bonds. The first-order valence-corrected chi connectivity index (χ1v) is 12.4. The summed E-state index contributed by atoms with van der Waals surface area (Å²) in [5.74, 6) is 0.739. The summed E-state index contributed by atoms with van der Waals surface area (Å²) in [4.78, 5) is 35.2. The van der Waals surface area contributed by atoms with Gasteiger partial charge in [0.25, 0.3) is 0 Å². The number of aryl methyl sites for hydroxylation is 1. The van der Waals surface area contributed by atoms with E-state index in [4.69, 9.17) is 16.6 Å². The van der Waals surface area contributed by atoms with Crippen molar-refractivity contribution in [3.63, 3.8) is 0 Å². The molecule has 1 fully saturated rings. The van der Waals surface area contributed by atoms with Crippen LogP contribution in [0.25, 0.3) is 11.0 Å². The number of amides is 2. The minimum atomic E-state index is -0.115. The molecule has 3 aromatic carbocycles. The predicted octanol–water partition coefficient (Wildman–Crippen LogP) is 5.19. The van der Waals surface area contributed by atoms with Gasteiger partial charge in [0, 0.05) is 41.8 Å². The van der Waals surface area contributed by atoms with E-state index in [0.29, 0.717) is 24.5 Å². The topological polar surface area (TPSA) is 58.4 Å². The van der Waals surface area contributed by atoms with Gasteiger partial charge in [-0.3, -0.25) is 9.59 Å². The molecule has 0 saturated carbocycles. The van der Waals surface area contributed by atoms with Crippen molar-refractivity contribution in [3.05, 3.63) is 89.2 Å². The summed E-state index contributed by atoms with van der Waals surface area (Å²) < 4.78 is 2.01. The van der Waals surface area contributed by atoms with Gasteiger partial charge in [0.2, 0.25) is 11.8 Å². The molecule has 1 saturated heterocycles. The van der Waals surface area contributed by atoms with Gasteiger partial charge in [-0.1, -0.05) is 48.0 Å². The van der Waals surface area contributed by atoms with Crippen molar-refractivity contribution < 1.29 is 9.59 Å². The lowest BCUT2D eigenvalue weighted by molar-refractivity contribution is -0.119. The summed E-state index contributed by atoms with van der Waals surface area (Å²) in [7, 11) is 0. The fourth-order valence-corrected chi connectivity index (χ4v) is 5.54. The van der Waals surface area contributed by atoms with Crippen LogP contribution in [-0.2, 0) is 22.6 Å². The van der Waals surface area contributed by atoms with Gasteiger partial charge in [0.15, 0.2) is 0 Å². The highest BCUT2D eigenvalue weighted by Crippen LogP contribution is 2.34. The van der Waals surface area contributed by atoms with Crippen LogP contribution in [0.1, 0.15) is 30.1 Å². The van der Waals surface area contributed by atoms with E-state index in [1.807, 2.05) is 70.1 Å². The Morgan fingerprint density at radius 1 is 1.03 bits per heavy atom. The molecule has 0 aliphatic carbocycles. The lowest BCUT2D eigenvalue weighted by Crippen LogP contribution is -2.38. The highest BCUT2D eigenvalue weighted by atomic mass is 35.5. The molecule has 3 heterocycles. The summed E-state index contributed by atoms with van der Waals surface area (Å²) in [6.45, 7) is 1.40. The summed E-state index contributed by atoms with van der Waals surface area (Å²) in [5, 5.41) is 0.596. The van der Waals surface area contributed by atoms with E-state index in [2.05, 4.69) is 6.07 Å². The van der Waals surface area contributed by atoms with Crippen LogP contribution in [0.15, 0.2) is 72.8 Å².